The molecule has 0 saturated heterocycles. The standard InChI is InChI=1S/C16H20N2OS2/c1-11(9-20-3)16(19)17-8-13-4-6-14(7-5-13)15-12(2)18-10-21-15/h4-7,10-11H,8-9H2,1-3H3,(H,17,19). The van der Waals surface area contributed by atoms with Crippen LogP contribution in [0.4, 0.5) is 0 Å². The molecule has 5 heteroatoms. The van der Waals surface area contributed by atoms with Crippen molar-refractivity contribution in [3.05, 3.63) is 41.0 Å². The number of thiazole rings is 1. The number of aromatic nitrogens is 1. The van der Waals surface area contributed by atoms with Gasteiger partial charge in [0.25, 0.3) is 0 Å². The highest BCUT2D eigenvalue weighted by atomic mass is 32.2. The number of nitrogens with zero attached hydrogens (tertiary/aromatic N) is 1. The van der Waals surface area contributed by atoms with E-state index in [-0.39, 0.29) is 11.8 Å². The van der Waals surface area contributed by atoms with E-state index < -0.39 is 0 Å². The third-order valence-corrected chi connectivity index (χ3v) is 5.10. The van der Waals surface area contributed by atoms with Crippen molar-refractivity contribution in [3.63, 3.8) is 0 Å². The molecule has 1 unspecified atom stereocenters. The van der Waals surface area contributed by atoms with Crippen LogP contribution in [0.1, 0.15) is 18.2 Å². The molecule has 0 aliphatic heterocycles. The van der Waals surface area contributed by atoms with Gasteiger partial charge in [-0.2, -0.15) is 11.8 Å². The molecule has 1 heterocycles. The number of rotatable bonds is 6. The van der Waals surface area contributed by atoms with Gasteiger partial charge in [-0.15, -0.1) is 11.3 Å². The molecule has 0 spiro atoms. The number of nitrogens with one attached hydrogen (secondary N) is 1. The highest BCUT2D eigenvalue weighted by Gasteiger charge is 2.11. The van der Waals surface area contributed by atoms with Crippen LogP contribution >= 0.6 is 23.1 Å². The number of thioether (sulfide) groups is 1. The molecule has 0 saturated carbocycles. The van der Waals surface area contributed by atoms with Gasteiger partial charge in [-0.25, -0.2) is 4.98 Å². The van der Waals surface area contributed by atoms with Crippen molar-refractivity contribution in [3.8, 4) is 10.4 Å². The van der Waals surface area contributed by atoms with Gasteiger partial charge in [-0.05, 0) is 24.3 Å². The number of carbonyl (C=O) groups is 1. The lowest BCUT2D eigenvalue weighted by atomic mass is 10.1. The Morgan fingerprint density at radius 2 is 2.10 bits per heavy atom. The first kappa shape index (κ1) is 16.0. The topological polar surface area (TPSA) is 42.0 Å². The molecule has 1 N–H and O–H groups in total. The fourth-order valence-electron chi connectivity index (χ4n) is 2.04. The SMILES string of the molecule is CSCC(C)C(=O)NCc1ccc(-c2scnc2C)cc1. The summed E-state index contributed by atoms with van der Waals surface area (Å²) in [6.07, 6.45) is 2.02. The van der Waals surface area contributed by atoms with Gasteiger partial charge in [0.15, 0.2) is 0 Å². The molecule has 0 radical (unpaired) electrons. The summed E-state index contributed by atoms with van der Waals surface area (Å²) in [5.41, 5.74) is 5.23. The van der Waals surface area contributed by atoms with Crippen LogP contribution in [0.2, 0.25) is 0 Å². The van der Waals surface area contributed by atoms with Crippen molar-refractivity contribution in [1.82, 2.24) is 10.3 Å². The fraction of sp³-hybridized carbons (Fsp3) is 0.375. The number of benzene rings is 1. The molecular weight excluding hydrogens is 300 g/mol. The summed E-state index contributed by atoms with van der Waals surface area (Å²) < 4.78 is 0. The van der Waals surface area contributed by atoms with Gasteiger partial charge in [-0.3, -0.25) is 4.79 Å². The smallest absolute Gasteiger partial charge is 0.223 e. The molecule has 0 bridgehead atoms. The van der Waals surface area contributed by atoms with Crippen LogP contribution in [0, 0.1) is 12.8 Å². The van der Waals surface area contributed by atoms with Crippen LogP contribution in [-0.2, 0) is 11.3 Å². The van der Waals surface area contributed by atoms with Crippen molar-refractivity contribution in [1.29, 1.82) is 0 Å². The molecular formula is C16H20N2OS2. The number of carbonyl (C=O) groups excluding carboxylic acids is 1. The molecule has 2 aromatic rings. The first-order chi connectivity index (χ1) is 10.1. The predicted octanol–water partition coefficient (Wildman–Crippen LogP) is 3.73. The molecule has 1 aromatic carbocycles. The van der Waals surface area contributed by atoms with Crippen LogP contribution < -0.4 is 5.32 Å². The third kappa shape index (κ3) is 4.32. The van der Waals surface area contributed by atoms with Gasteiger partial charge in [0.05, 0.1) is 16.1 Å². The Morgan fingerprint density at radius 3 is 2.67 bits per heavy atom. The summed E-state index contributed by atoms with van der Waals surface area (Å²) in [7, 11) is 0. The van der Waals surface area contributed by atoms with Gasteiger partial charge >= 0.3 is 0 Å². The number of amides is 1. The minimum atomic E-state index is 0.0547. The van der Waals surface area contributed by atoms with Crippen molar-refractivity contribution >= 4 is 29.0 Å². The average molecular weight is 320 g/mol. The fourth-order valence-corrected chi connectivity index (χ4v) is 3.51. The Morgan fingerprint density at radius 1 is 1.38 bits per heavy atom. The summed E-state index contributed by atoms with van der Waals surface area (Å²) in [5.74, 6) is 1.03. The molecule has 21 heavy (non-hydrogen) atoms. The van der Waals surface area contributed by atoms with E-state index in [1.165, 1.54) is 10.4 Å². The summed E-state index contributed by atoms with van der Waals surface area (Å²) in [5, 5.41) is 2.99. The molecule has 112 valence electrons. The monoisotopic (exact) mass is 320 g/mol. The van der Waals surface area contributed by atoms with Crippen LogP contribution in [0.15, 0.2) is 29.8 Å². The van der Waals surface area contributed by atoms with E-state index >= 15 is 0 Å². The van der Waals surface area contributed by atoms with E-state index in [0.29, 0.717) is 6.54 Å². The molecule has 0 fully saturated rings. The maximum absolute atomic E-state index is 11.9. The zero-order valence-corrected chi connectivity index (χ0v) is 14.2. The Hall–Kier alpha value is -1.33. The minimum absolute atomic E-state index is 0.0547. The quantitative estimate of drug-likeness (QED) is 0.882. The highest BCUT2D eigenvalue weighted by Crippen LogP contribution is 2.27. The second kappa shape index (κ2) is 7.61. The van der Waals surface area contributed by atoms with Crippen LogP contribution in [0.3, 0.4) is 0 Å². The molecule has 1 aromatic heterocycles. The number of hydrogen-bond acceptors (Lipinski definition) is 4. The molecule has 0 aliphatic rings. The van der Waals surface area contributed by atoms with E-state index in [2.05, 4.69) is 34.6 Å². The second-order valence-corrected chi connectivity index (χ2v) is 6.80. The largest absolute Gasteiger partial charge is 0.352 e. The van der Waals surface area contributed by atoms with Crippen LogP contribution in [0.5, 0.6) is 0 Å². The van der Waals surface area contributed by atoms with E-state index in [9.17, 15) is 4.79 Å². The normalized spacial score (nSPS) is 12.1. The van der Waals surface area contributed by atoms with Gasteiger partial charge in [-0.1, -0.05) is 31.2 Å². The van der Waals surface area contributed by atoms with Crippen molar-refractivity contribution in [2.75, 3.05) is 12.0 Å². The molecule has 1 amide bonds. The zero-order chi connectivity index (χ0) is 15.2. The van der Waals surface area contributed by atoms with Gasteiger partial charge < -0.3 is 5.32 Å². The average Bonchev–Trinajstić information content (AvgIpc) is 2.91. The predicted molar refractivity (Wildman–Crippen MR) is 91.7 cm³/mol. The van der Waals surface area contributed by atoms with Crippen molar-refractivity contribution in [2.45, 2.75) is 20.4 Å². The van der Waals surface area contributed by atoms with E-state index in [1.54, 1.807) is 23.1 Å². The molecule has 3 nitrogen and oxygen atoms in total. The van der Waals surface area contributed by atoms with Crippen LogP contribution in [-0.4, -0.2) is 22.9 Å². The van der Waals surface area contributed by atoms with Crippen LogP contribution in [0.25, 0.3) is 10.4 Å². The van der Waals surface area contributed by atoms with Gasteiger partial charge in [0, 0.05) is 18.2 Å². The van der Waals surface area contributed by atoms with Gasteiger partial charge in [0.2, 0.25) is 5.91 Å². The molecule has 0 aliphatic carbocycles. The summed E-state index contributed by atoms with van der Waals surface area (Å²) in [6.45, 7) is 4.56. The maximum Gasteiger partial charge on any atom is 0.223 e. The Balaban J connectivity index is 1.94. The van der Waals surface area contributed by atoms with Crippen molar-refractivity contribution in [2.24, 2.45) is 5.92 Å². The maximum atomic E-state index is 11.9. The zero-order valence-electron chi connectivity index (χ0n) is 12.6. The lowest BCUT2D eigenvalue weighted by Gasteiger charge is -2.11. The van der Waals surface area contributed by atoms with Gasteiger partial charge in [0.1, 0.15) is 0 Å². The molecule has 2 rings (SSSR count). The Bertz CT molecular complexity index is 593. The van der Waals surface area contributed by atoms with E-state index in [4.69, 9.17) is 0 Å². The van der Waals surface area contributed by atoms with Crippen molar-refractivity contribution < 1.29 is 4.79 Å². The first-order valence-electron chi connectivity index (χ1n) is 6.88. The molecule has 1 atom stereocenters. The Labute approximate surface area is 134 Å². The lowest BCUT2D eigenvalue weighted by Crippen LogP contribution is -2.29. The number of aryl methyl sites for hydroxylation is 1. The second-order valence-electron chi connectivity index (χ2n) is 5.04. The third-order valence-electron chi connectivity index (χ3n) is 3.29. The Kier molecular flexibility index (Phi) is 5.82. The number of hydrogen-bond donors (Lipinski definition) is 1. The first-order valence-corrected chi connectivity index (χ1v) is 9.15. The minimum Gasteiger partial charge on any atom is -0.352 e. The van der Waals surface area contributed by atoms with E-state index in [1.807, 2.05) is 25.6 Å². The lowest BCUT2D eigenvalue weighted by molar-refractivity contribution is -0.124. The van der Waals surface area contributed by atoms with E-state index in [0.717, 1.165) is 17.0 Å². The highest BCUT2D eigenvalue weighted by molar-refractivity contribution is 7.98. The summed E-state index contributed by atoms with van der Waals surface area (Å²) >= 11 is 3.35. The summed E-state index contributed by atoms with van der Waals surface area (Å²) in [4.78, 5) is 17.4. The summed E-state index contributed by atoms with van der Waals surface area (Å²) in [6, 6.07) is 8.31.